The minimum atomic E-state index is -0.276. The molecule has 0 radical (unpaired) electrons. The van der Waals surface area contributed by atoms with Crippen LogP contribution in [0.25, 0.3) is 0 Å². The first-order valence-corrected chi connectivity index (χ1v) is 8.34. The van der Waals surface area contributed by atoms with E-state index >= 15 is 0 Å². The van der Waals surface area contributed by atoms with Crippen LogP contribution in [-0.4, -0.2) is 54.2 Å². The van der Waals surface area contributed by atoms with E-state index in [-0.39, 0.29) is 17.6 Å². The number of carbonyl (C=O) groups excluding carboxylic acids is 2. The van der Waals surface area contributed by atoms with Crippen LogP contribution in [0.2, 0.25) is 0 Å². The molecule has 2 aliphatic rings. The molecule has 3 rings (SSSR count). The van der Waals surface area contributed by atoms with E-state index in [4.69, 9.17) is 0 Å². The summed E-state index contributed by atoms with van der Waals surface area (Å²) in [6, 6.07) is 7.55. The molecule has 0 bridgehead atoms. The first-order chi connectivity index (χ1) is 10.7. The molecule has 0 unspecified atom stereocenters. The Morgan fingerprint density at radius 3 is 2.73 bits per heavy atom. The number of hydrogen-bond acceptors (Lipinski definition) is 3. The van der Waals surface area contributed by atoms with Gasteiger partial charge in [-0.2, -0.15) is 0 Å². The van der Waals surface area contributed by atoms with E-state index in [1.165, 1.54) is 12.8 Å². The van der Waals surface area contributed by atoms with Crippen molar-refractivity contribution in [2.24, 2.45) is 0 Å². The molecule has 1 aliphatic carbocycles. The summed E-state index contributed by atoms with van der Waals surface area (Å²) in [5, 5.41) is 0. The molecule has 118 valence electrons. The van der Waals surface area contributed by atoms with Gasteiger partial charge in [0.1, 0.15) is 0 Å². The topological polar surface area (TPSA) is 40.6 Å². The maximum absolute atomic E-state index is 12.8. The average molecular weight is 300 g/mol. The molecule has 1 heterocycles. The third-order valence-electron chi connectivity index (χ3n) is 4.90. The molecule has 1 atom stereocenters. The summed E-state index contributed by atoms with van der Waals surface area (Å²) in [4.78, 5) is 29.3. The highest BCUT2D eigenvalue weighted by molar-refractivity contribution is 6.06. The van der Waals surface area contributed by atoms with E-state index in [9.17, 15) is 9.59 Å². The maximum Gasteiger partial charge on any atom is 0.230 e. The number of likely N-dealkylation sites (tertiary alicyclic amines) is 1. The summed E-state index contributed by atoms with van der Waals surface area (Å²) in [6.07, 6.45) is 2.87. The maximum atomic E-state index is 12.8. The minimum absolute atomic E-state index is 0.101. The van der Waals surface area contributed by atoms with Gasteiger partial charge in [-0.3, -0.25) is 9.59 Å². The van der Waals surface area contributed by atoms with E-state index in [0.717, 1.165) is 37.3 Å². The van der Waals surface area contributed by atoms with Crippen molar-refractivity contribution in [1.29, 1.82) is 0 Å². The number of carbonyl (C=O) groups is 2. The molecule has 0 N–H and O–H groups in total. The number of Topliss-reactive ketones (excluding diaryl/α,β-unsaturated/α-hetero) is 1. The molecule has 1 amide bonds. The molecule has 1 saturated heterocycles. The summed E-state index contributed by atoms with van der Waals surface area (Å²) in [6.45, 7) is 6.74. The number of likely N-dealkylation sites (N-methyl/N-ethyl adjacent to an activating group) is 1. The fraction of sp³-hybridized carbons (Fsp3) is 0.556. The van der Waals surface area contributed by atoms with Crippen molar-refractivity contribution < 1.29 is 9.59 Å². The molecule has 1 aromatic rings. The van der Waals surface area contributed by atoms with Crippen molar-refractivity contribution in [2.75, 3.05) is 32.7 Å². The van der Waals surface area contributed by atoms with Gasteiger partial charge in [0.15, 0.2) is 5.78 Å². The predicted molar refractivity (Wildman–Crippen MR) is 86.1 cm³/mol. The van der Waals surface area contributed by atoms with Gasteiger partial charge in [-0.15, -0.1) is 0 Å². The van der Waals surface area contributed by atoms with E-state index in [1.807, 2.05) is 36.1 Å². The molecule has 0 spiro atoms. The molecular weight excluding hydrogens is 276 g/mol. The van der Waals surface area contributed by atoms with Crippen LogP contribution in [0.1, 0.15) is 48.0 Å². The van der Waals surface area contributed by atoms with Crippen molar-refractivity contribution in [2.45, 2.75) is 32.1 Å². The van der Waals surface area contributed by atoms with Crippen molar-refractivity contribution in [1.82, 2.24) is 9.80 Å². The summed E-state index contributed by atoms with van der Waals surface area (Å²) in [5.41, 5.74) is 1.65. The third-order valence-corrected chi connectivity index (χ3v) is 4.90. The molecule has 0 saturated carbocycles. The SMILES string of the molecule is CCN(CCN1CCCC1)C(=O)[C@H]1CC(=O)c2ccccc21. The first kappa shape index (κ1) is 15.2. The largest absolute Gasteiger partial charge is 0.341 e. The monoisotopic (exact) mass is 300 g/mol. The standard InChI is InChI=1S/C18H24N2O2/c1-2-20(12-11-19-9-5-6-10-19)18(22)16-13-17(21)15-8-4-3-7-14(15)16/h3-4,7-8,16H,2,5-6,9-13H2,1H3/t16-/m0/s1. The van der Waals surface area contributed by atoms with Gasteiger partial charge in [-0.1, -0.05) is 24.3 Å². The Labute approximate surface area is 132 Å². The average Bonchev–Trinajstić information content (AvgIpc) is 3.16. The number of amides is 1. The Morgan fingerprint density at radius 1 is 1.27 bits per heavy atom. The van der Waals surface area contributed by atoms with Gasteiger partial charge < -0.3 is 9.80 Å². The summed E-state index contributed by atoms with van der Waals surface area (Å²) < 4.78 is 0. The zero-order chi connectivity index (χ0) is 15.5. The lowest BCUT2D eigenvalue weighted by Crippen LogP contribution is -2.40. The zero-order valence-corrected chi connectivity index (χ0v) is 13.3. The van der Waals surface area contributed by atoms with E-state index in [1.54, 1.807) is 0 Å². The highest BCUT2D eigenvalue weighted by Crippen LogP contribution is 2.34. The molecule has 1 aliphatic heterocycles. The van der Waals surface area contributed by atoms with Crippen molar-refractivity contribution in [3.05, 3.63) is 35.4 Å². The number of ketones is 1. The molecule has 4 nitrogen and oxygen atoms in total. The van der Waals surface area contributed by atoms with Crippen LogP contribution >= 0.6 is 0 Å². The van der Waals surface area contributed by atoms with Crippen LogP contribution in [0, 0.1) is 0 Å². The van der Waals surface area contributed by atoms with Gasteiger partial charge >= 0.3 is 0 Å². The van der Waals surface area contributed by atoms with Crippen molar-refractivity contribution >= 4 is 11.7 Å². The van der Waals surface area contributed by atoms with Crippen LogP contribution in [0.3, 0.4) is 0 Å². The van der Waals surface area contributed by atoms with Gasteiger partial charge in [0, 0.05) is 31.6 Å². The first-order valence-electron chi connectivity index (χ1n) is 8.34. The Hall–Kier alpha value is -1.68. The second-order valence-electron chi connectivity index (χ2n) is 6.23. The van der Waals surface area contributed by atoms with Crippen LogP contribution in [-0.2, 0) is 4.79 Å². The van der Waals surface area contributed by atoms with E-state index in [0.29, 0.717) is 13.0 Å². The van der Waals surface area contributed by atoms with E-state index < -0.39 is 0 Å². The number of rotatable bonds is 5. The summed E-state index contributed by atoms with van der Waals surface area (Å²) in [7, 11) is 0. The lowest BCUT2D eigenvalue weighted by molar-refractivity contribution is -0.132. The Morgan fingerprint density at radius 2 is 2.00 bits per heavy atom. The minimum Gasteiger partial charge on any atom is -0.341 e. The normalized spacial score (nSPS) is 21.1. The number of fused-ring (bicyclic) bond motifs is 1. The van der Waals surface area contributed by atoms with Gasteiger partial charge in [-0.25, -0.2) is 0 Å². The smallest absolute Gasteiger partial charge is 0.230 e. The van der Waals surface area contributed by atoms with Crippen molar-refractivity contribution in [3.8, 4) is 0 Å². The quantitative estimate of drug-likeness (QED) is 0.838. The van der Waals surface area contributed by atoms with Crippen molar-refractivity contribution in [3.63, 3.8) is 0 Å². The summed E-state index contributed by atoms with van der Waals surface area (Å²) >= 11 is 0. The molecular formula is C18H24N2O2. The van der Waals surface area contributed by atoms with Gasteiger partial charge in [0.25, 0.3) is 0 Å². The second kappa shape index (κ2) is 6.61. The number of nitrogens with zero attached hydrogens (tertiary/aromatic N) is 2. The van der Waals surface area contributed by atoms with Crippen LogP contribution in [0.5, 0.6) is 0 Å². The second-order valence-corrected chi connectivity index (χ2v) is 6.23. The van der Waals surface area contributed by atoms with Gasteiger partial charge in [0.2, 0.25) is 5.91 Å². The molecule has 1 fully saturated rings. The molecule has 0 aromatic heterocycles. The summed E-state index contributed by atoms with van der Waals surface area (Å²) in [5.74, 6) is -0.0632. The lowest BCUT2D eigenvalue weighted by atomic mass is 10.00. The highest BCUT2D eigenvalue weighted by Gasteiger charge is 2.35. The number of benzene rings is 1. The van der Waals surface area contributed by atoms with Gasteiger partial charge in [0.05, 0.1) is 5.92 Å². The third kappa shape index (κ3) is 2.93. The highest BCUT2D eigenvalue weighted by atomic mass is 16.2. The Kier molecular flexibility index (Phi) is 4.57. The predicted octanol–water partition coefficient (Wildman–Crippen LogP) is 2.30. The fourth-order valence-corrected chi connectivity index (χ4v) is 3.59. The zero-order valence-electron chi connectivity index (χ0n) is 13.3. The lowest BCUT2D eigenvalue weighted by Gasteiger charge is -2.26. The molecule has 22 heavy (non-hydrogen) atoms. The Bertz CT molecular complexity index is 564. The van der Waals surface area contributed by atoms with Crippen LogP contribution in [0.15, 0.2) is 24.3 Å². The fourth-order valence-electron chi connectivity index (χ4n) is 3.59. The Balaban J connectivity index is 1.68. The van der Waals surface area contributed by atoms with Gasteiger partial charge in [-0.05, 0) is 38.4 Å². The van der Waals surface area contributed by atoms with E-state index in [2.05, 4.69) is 4.90 Å². The van der Waals surface area contributed by atoms with Crippen LogP contribution < -0.4 is 0 Å². The number of hydrogen-bond donors (Lipinski definition) is 0. The molecule has 4 heteroatoms. The van der Waals surface area contributed by atoms with Crippen LogP contribution in [0.4, 0.5) is 0 Å². The molecule has 1 aromatic carbocycles.